The predicted molar refractivity (Wildman–Crippen MR) is 109 cm³/mol. The van der Waals surface area contributed by atoms with E-state index in [4.69, 9.17) is 0 Å². The van der Waals surface area contributed by atoms with Crippen LogP contribution < -0.4 is 5.32 Å². The van der Waals surface area contributed by atoms with Gasteiger partial charge in [-0.15, -0.1) is 0 Å². The van der Waals surface area contributed by atoms with Crippen LogP contribution in [0.1, 0.15) is 37.3 Å². The van der Waals surface area contributed by atoms with E-state index in [0.717, 1.165) is 32.0 Å². The zero-order chi connectivity index (χ0) is 20.7. The smallest absolute Gasteiger partial charge is 0.356 e. The largest absolute Gasteiger partial charge is 0.401 e. The van der Waals surface area contributed by atoms with Crippen LogP contribution in [0, 0.1) is 12.8 Å². The SMILES string of the molecule is CCN(CC1CCN(C(=NC)NCC(C)c2ccc(C)cc2)C1)CC(F)(F)F. The van der Waals surface area contributed by atoms with Crippen LogP contribution in [0.5, 0.6) is 0 Å². The van der Waals surface area contributed by atoms with Gasteiger partial charge in [0.25, 0.3) is 0 Å². The first-order valence-electron chi connectivity index (χ1n) is 10.0. The van der Waals surface area contributed by atoms with Crippen LogP contribution in [-0.4, -0.2) is 68.3 Å². The van der Waals surface area contributed by atoms with Crippen molar-refractivity contribution < 1.29 is 13.2 Å². The van der Waals surface area contributed by atoms with Crippen LogP contribution in [0.25, 0.3) is 0 Å². The summed E-state index contributed by atoms with van der Waals surface area (Å²) < 4.78 is 38.0. The fourth-order valence-corrected chi connectivity index (χ4v) is 3.69. The fourth-order valence-electron chi connectivity index (χ4n) is 3.69. The minimum absolute atomic E-state index is 0.232. The average Bonchev–Trinajstić information content (AvgIpc) is 3.09. The van der Waals surface area contributed by atoms with Gasteiger partial charge in [-0.2, -0.15) is 13.2 Å². The Morgan fingerprint density at radius 3 is 2.57 bits per heavy atom. The molecule has 0 spiro atoms. The summed E-state index contributed by atoms with van der Waals surface area (Å²) in [7, 11) is 1.76. The lowest BCUT2D eigenvalue weighted by Gasteiger charge is -2.26. The summed E-state index contributed by atoms with van der Waals surface area (Å²) >= 11 is 0. The molecule has 1 heterocycles. The molecule has 2 rings (SSSR count). The molecule has 1 N–H and O–H groups in total. The van der Waals surface area contributed by atoms with Crippen molar-refractivity contribution in [3.63, 3.8) is 0 Å². The van der Waals surface area contributed by atoms with E-state index in [2.05, 4.69) is 53.3 Å². The molecule has 1 fully saturated rings. The third kappa shape index (κ3) is 7.00. The molecule has 0 aromatic heterocycles. The number of rotatable bonds is 7. The first-order valence-corrected chi connectivity index (χ1v) is 10.0. The first-order chi connectivity index (χ1) is 13.2. The number of hydrogen-bond donors (Lipinski definition) is 1. The van der Waals surface area contributed by atoms with Crippen molar-refractivity contribution in [2.24, 2.45) is 10.9 Å². The monoisotopic (exact) mass is 398 g/mol. The Labute approximate surface area is 166 Å². The van der Waals surface area contributed by atoms with E-state index in [1.807, 2.05) is 0 Å². The van der Waals surface area contributed by atoms with Crippen LogP contribution in [-0.2, 0) is 0 Å². The number of hydrogen-bond acceptors (Lipinski definition) is 2. The summed E-state index contributed by atoms with van der Waals surface area (Å²) in [5.41, 5.74) is 2.52. The number of nitrogens with zero attached hydrogens (tertiary/aromatic N) is 3. The van der Waals surface area contributed by atoms with Crippen molar-refractivity contribution in [1.82, 2.24) is 15.1 Å². The van der Waals surface area contributed by atoms with Gasteiger partial charge in [0.2, 0.25) is 0 Å². The van der Waals surface area contributed by atoms with Crippen molar-refractivity contribution in [3.05, 3.63) is 35.4 Å². The van der Waals surface area contributed by atoms with Crippen molar-refractivity contribution >= 4 is 5.96 Å². The van der Waals surface area contributed by atoms with Crippen molar-refractivity contribution in [2.45, 2.75) is 39.3 Å². The summed E-state index contributed by atoms with van der Waals surface area (Å²) in [4.78, 5) is 8.03. The average molecular weight is 399 g/mol. The highest BCUT2D eigenvalue weighted by Crippen LogP contribution is 2.22. The Kier molecular flexibility index (Phi) is 8.16. The summed E-state index contributed by atoms with van der Waals surface area (Å²) in [5.74, 6) is 1.41. The Balaban J connectivity index is 1.84. The molecule has 4 nitrogen and oxygen atoms in total. The number of aliphatic imine (C=N–C) groups is 1. The highest BCUT2D eigenvalue weighted by atomic mass is 19.4. The maximum atomic E-state index is 12.7. The third-order valence-electron chi connectivity index (χ3n) is 5.38. The van der Waals surface area contributed by atoms with Crippen molar-refractivity contribution in [3.8, 4) is 0 Å². The maximum absolute atomic E-state index is 12.7. The van der Waals surface area contributed by atoms with Gasteiger partial charge >= 0.3 is 6.18 Å². The molecule has 0 saturated carbocycles. The van der Waals surface area contributed by atoms with Gasteiger partial charge in [0.1, 0.15) is 0 Å². The molecule has 1 aromatic carbocycles. The number of nitrogens with one attached hydrogen (secondary N) is 1. The number of alkyl halides is 3. The van der Waals surface area contributed by atoms with Crippen LogP contribution in [0.15, 0.2) is 29.3 Å². The number of benzene rings is 1. The third-order valence-corrected chi connectivity index (χ3v) is 5.38. The highest BCUT2D eigenvalue weighted by Gasteiger charge is 2.33. The van der Waals surface area contributed by atoms with Crippen LogP contribution in [0.3, 0.4) is 0 Å². The van der Waals surface area contributed by atoms with Gasteiger partial charge in [0.05, 0.1) is 6.54 Å². The molecule has 0 amide bonds. The second-order valence-corrected chi connectivity index (χ2v) is 7.78. The molecular weight excluding hydrogens is 365 g/mol. The van der Waals surface area contributed by atoms with Gasteiger partial charge in [-0.1, -0.05) is 43.7 Å². The number of aryl methyl sites for hydroxylation is 1. The minimum Gasteiger partial charge on any atom is -0.356 e. The lowest BCUT2D eigenvalue weighted by Crippen LogP contribution is -2.42. The molecule has 0 bridgehead atoms. The van der Waals surface area contributed by atoms with Crippen LogP contribution in [0.4, 0.5) is 13.2 Å². The van der Waals surface area contributed by atoms with Crippen LogP contribution in [0.2, 0.25) is 0 Å². The summed E-state index contributed by atoms with van der Waals surface area (Å²) in [6.07, 6.45) is -3.25. The Hall–Kier alpha value is -1.76. The standard InChI is InChI=1S/C21H33F3N4/c1-5-27(15-21(22,23)24)13-18-10-11-28(14-18)20(25-4)26-12-17(3)19-8-6-16(2)7-9-19/h6-9,17-18H,5,10-15H2,1-4H3,(H,25,26). The van der Waals surface area contributed by atoms with Gasteiger partial charge in [0.15, 0.2) is 5.96 Å². The van der Waals surface area contributed by atoms with Gasteiger partial charge in [0, 0.05) is 33.2 Å². The van der Waals surface area contributed by atoms with Crippen molar-refractivity contribution in [2.75, 3.05) is 46.3 Å². The van der Waals surface area contributed by atoms with Crippen molar-refractivity contribution in [1.29, 1.82) is 0 Å². The number of likely N-dealkylation sites (tertiary alicyclic amines) is 1. The molecule has 28 heavy (non-hydrogen) atoms. The number of guanidine groups is 1. The lowest BCUT2D eigenvalue weighted by atomic mass is 10.0. The van der Waals surface area contributed by atoms with E-state index in [0.29, 0.717) is 19.0 Å². The normalized spacial score (nSPS) is 19.4. The molecule has 1 aliphatic heterocycles. The van der Waals surface area contributed by atoms with E-state index < -0.39 is 12.7 Å². The molecule has 2 unspecified atom stereocenters. The quantitative estimate of drug-likeness (QED) is 0.559. The molecule has 0 aliphatic carbocycles. The molecule has 1 aliphatic rings. The molecular formula is C21H33F3N4. The van der Waals surface area contributed by atoms with E-state index in [1.54, 1.807) is 14.0 Å². The topological polar surface area (TPSA) is 30.9 Å². The van der Waals surface area contributed by atoms with E-state index >= 15 is 0 Å². The zero-order valence-corrected chi connectivity index (χ0v) is 17.4. The Morgan fingerprint density at radius 1 is 1.32 bits per heavy atom. The molecule has 2 atom stereocenters. The summed E-state index contributed by atoms with van der Waals surface area (Å²) in [6.45, 7) is 8.43. The lowest BCUT2D eigenvalue weighted by molar-refractivity contribution is -0.146. The van der Waals surface area contributed by atoms with Gasteiger partial charge in [-0.3, -0.25) is 9.89 Å². The molecule has 1 saturated heterocycles. The number of halogens is 3. The van der Waals surface area contributed by atoms with E-state index in [1.165, 1.54) is 16.0 Å². The molecule has 7 heteroatoms. The Morgan fingerprint density at radius 2 is 2.00 bits per heavy atom. The summed E-state index contributed by atoms with van der Waals surface area (Å²) in [6, 6.07) is 8.53. The highest BCUT2D eigenvalue weighted by molar-refractivity contribution is 5.80. The summed E-state index contributed by atoms with van der Waals surface area (Å²) in [5, 5.41) is 3.43. The molecule has 0 radical (unpaired) electrons. The van der Waals surface area contributed by atoms with Gasteiger partial charge in [-0.25, -0.2) is 0 Å². The van der Waals surface area contributed by atoms with Gasteiger partial charge in [-0.05, 0) is 37.3 Å². The second-order valence-electron chi connectivity index (χ2n) is 7.78. The van der Waals surface area contributed by atoms with Crippen LogP contribution >= 0.6 is 0 Å². The first kappa shape index (κ1) is 22.5. The predicted octanol–water partition coefficient (Wildman–Crippen LogP) is 3.88. The molecule has 1 aromatic rings. The maximum Gasteiger partial charge on any atom is 0.401 e. The fraction of sp³-hybridized carbons (Fsp3) is 0.667. The molecule has 158 valence electrons. The minimum atomic E-state index is -4.14. The zero-order valence-electron chi connectivity index (χ0n) is 17.4. The van der Waals surface area contributed by atoms with E-state index in [-0.39, 0.29) is 5.92 Å². The Bertz CT molecular complexity index is 628. The van der Waals surface area contributed by atoms with Gasteiger partial charge < -0.3 is 10.2 Å². The van der Waals surface area contributed by atoms with E-state index in [9.17, 15) is 13.2 Å². The second kappa shape index (κ2) is 10.1.